The van der Waals surface area contributed by atoms with E-state index in [1.165, 1.54) is 12.1 Å². The van der Waals surface area contributed by atoms with Gasteiger partial charge in [-0.25, -0.2) is 4.39 Å². The monoisotopic (exact) mass is 236 g/mol. The number of hydrogen-bond acceptors (Lipinski definition) is 2. The van der Waals surface area contributed by atoms with Gasteiger partial charge in [-0.2, -0.15) is 0 Å². The summed E-state index contributed by atoms with van der Waals surface area (Å²) in [5.41, 5.74) is 1.26. The predicted molar refractivity (Wildman–Crippen MR) is 65.3 cm³/mol. The van der Waals surface area contributed by atoms with Gasteiger partial charge in [0.15, 0.2) is 0 Å². The van der Waals surface area contributed by atoms with Crippen molar-refractivity contribution in [3.05, 3.63) is 29.6 Å². The van der Waals surface area contributed by atoms with Gasteiger partial charge in [-0.3, -0.25) is 10.1 Å². The molecule has 2 rings (SSSR count). The molecule has 1 atom stereocenters. The molecule has 0 radical (unpaired) electrons. The fourth-order valence-electron chi connectivity index (χ4n) is 1.87. The Balaban J connectivity index is 2.29. The van der Waals surface area contributed by atoms with Crippen molar-refractivity contribution >= 4 is 11.6 Å². The average molecular weight is 236 g/mol. The minimum atomic E-state index is -0.388. The lowest BCUT2D eigenvalue weighted by molar-refractivity contribution is -0.118. The molecule has 4 heteroatoms. The zero-order chi connectivity index (χ0) is 12.6. The Bertz CT molecular complexity index is 457. The number of carbonyl (C=O) groups excluding carboxylic acids is 1. The van der Waals surface area contributed by atoms with Crippen LogP contribution in [0.25, 0.3) is 0 Å². The van der Waals surface area contributed by atoms with Crippen LogP contribution in [0, 0.1) is 5.82 Å². The third-order valence-electron chi connectivity index (χ3n) is 3.27. The molecule has 0 saturated carbocycles. The number of halogens is 1. The van der Waals surface area contributed by atoms with E-state index in [0.29, 0.717) is 5.69 Å². The molecule has 1 aliphatic heterocycles. The lowest BCUT2D eigenvalue weighted by Crippen LogP contribution is -2.43. The van der Waals surface area contributed by atoms with Crippen molar-refractivity contribution < 1.29 is 9.18 Å². The third-order valence-corrected chi connectivity index (χ3v) is 3.27. The topological polar surface area (TPSA) is 41.1 Å². The predicted octanol–water partition coefficient (Wildman–Crippen LogP) is 2.60. The number of rotatable bonds is 3. The highest BCUT2D eigenvalue weighted by Crippen LogP contribution is 2.32. The highest BCUT2D eigenvalue weighted by atomic mass is 19.1. The Morgan fingerprint density at radius 2 is 2.18 bits per heavy atom. The van der Waals surface area contributed by atoms with Crippen LogP contribution in [0.5, 0.6) is 0 Å². The van der Waals surface area contributed by atoms with Crippen molar-refractivity contribution in [1.29, 1.82) is 0 Å². The van der Waals surface area contributed by atoms with Crippen LogP contribution in [0.3, 0.4) is 0 Å². The molecule has 17 heavy (non-hydrogen) atoms. The zero-order valence-electron chi connectivity index (χ0n) is 10.3. The second-order valence-electron chi connectivity index (χ2n) is 5.04. The molecule has 1 aliphatic rings. The summed E-state index contributed by atoms with van der Waals surface area (Å²) in [5.74, 6) is -0.452. The van der Waals surface area contributed by atoms with E-state index in [2.05, 4.69) is 17.6 Å². The van der Waals surface area contributed by atoms with Gasteiger partial charge in [-0.1, -0.05) is 13.0 Å². The summed E-state index contributed by atoms with van der Waals surface area (Å²) >= 11 is 0. The molecule has 1 heterocycles. The fourth-order valence-corrected chi connectivity index (χ4v) is 1.87. The van der Waals surface area contributed by atoms with Crippen molar-refractivity contribution in [2.24, 2.45) is 0 Å². The van der Waals surface area contributed by atoms with Gasteiger partial charge in [-0.15, -0.1) is 0 Å². The Labute approximate surface area is 100 Å². The Morgan fingerprint density at radius 3 is 2.82 bits per heavy atom. The molecule has 0 aromatic heterocycles. The zero-order valence-corrected chi connectivity index (χ0v) is 10.3. The number of nitrogens with one attached hydrogen (secondary N) is 2. The Hall–Kier alpha value is -1.42. The number of benzene rings is 1. The van der Waals surface area contributed by atoms with Gasteiger partial charge in [-0.05, 0) is 32.4 Å². The van der Waals surface area contributed by atoms with Crippen LogP contribution >= 0.6 is 0 Å². The van der Waals surface area contributed by atoms with Crippen LogP contribution in [0.15, 0.2) is 18.2 Å². The van der Waals surface area contributed by atoms with Crippen molar-refractivity contribution in [2.45, 2.75) is 38.8 Å². The molecule has 0 saturated heterocycles. The number of hydrogen-bond donors (Lipinski definition) is 2. The van der Waals surface area contributed by atoms with Gasteiger partial charge in [0, 0.05) is 16.8 Å². The molecule has 0 spiro atoms. The summed E-state index contributed by atoms with van der Waals surface area (Å²) in [6, 6.07) is 4.01. The quantitative estimate of drug-likeness (QED) is 0.847. The van der Waals surface area contributed by atoms with E-state index in [4.69, 9.17) is 0 Å². The average Bonchev–Trinajstić information content (AvgIpc) is 2.54. The van der Waals surface area contributed by atoms with Crippen molar-refractivity contribution in [1.82, 2.24) is 5.32 Å². The molecule has 0 bridgehead atoms. The van der Waals surface area contributed by atoms with E-state index in [1.54, 1.807) is 6.07 Å². The van der Waals surface area contributed by atoms with Gasteiger partial charge in [0.2, 0.25) is 5.91 Å². The summed E-state index contributed by atoms with van der Waals surface area (Å²) in [4.78, 5) is 11.8. The minimum absolute atomic E-state index is 0.118. The second kappa shape index (κ2) is 4.11. The van der Waals surface area contributed by atoms with E-state index >= 15 is 0 Å². The molecule has 1 amide bonds. The maximum atomic E-state index is 13.0. The molecule has 3 nitrogen and oxygen atoms in total. The van der Waals surface area contributed by atoms with Crippen LogP contribution in [-0.2, 0) is 4.79 Å². The van der Waals surface area contributed by atoms with Crippen molar-refractivity contribution in [3.8, 4) is 0 Å². The summed E-state index contributed by atoms with van der Waals surface area (Å²) in [6.45, 7) is 6.15. The van der Waals surface area contributed by atoms with Gasteiger partial charge in [0.1, 0.15) is 11.9 Å². The van der Waals surface area contributed by atoms with Crippen molar-refractivity contribution in [3.63, 3.8) is 0 Å². The van der Waals surface area contributed by atoms with Gasteiger partial charge < -0.3 is 5.32 Å². The Morgan fingerprint density at radius 1 is 1.47 bits per heavy atom. The second-order valence-corrected chi connectivity index (χ2v) is 5.04. The van der Waals surface area contributed by atoms with Crippen LogP contribution in [-0.4, -0.2) is 11.4 Å². The van der Waals surface area contributed by atoms with Crippen LogP contribution in [0.4, 0.5) is 10.1 Å². The number of carbonyl (C=O) groups is 1. The van der Waals surface area contributed by atoms with Crippen LogP contribution < -0.4 is 10.6 Å². The lowest BCUT2D eigenvalue weighted by Gasteiger charge is -2.28. The SMILES string of the molecule is CCC(C)(C)NC1C(=O)Nc2cc(F)ccc21. The molecule has 1 aromatic carbocycles. The maximum absolute atomic E-state index is 13.0. The molecular formula is C13H17FN2O. The first-order chi connectivity index (χ1) is 7.93. The van der Waals surface area contributed by atoms with E-state index in [-0.39, 0.29) is 23.3 Å². The van der Waals surface area contributed by atoms with E-state index in [0.717, 1.165) is 12.0 Å². The number of amides is 1. The van der Waals surface area contributed by atoms with Crippen molar-refractivity contribution in [2.75, 3.05) is 5.32 Å². The van der Waals surface area contributed by atoms with Crippen LogP contribution in [0.1, 0.15) is 38.8 Å². The first kappa shape index (κ1) is 12.0. The number of fused-ring (bicyclic) bond motifs is 1. The first-order valence-electron chi connectivity index (χ1n) is 5.81. The maximum Gasteiger partial charge on any atom is 0.246 e. The van der Waals surface area contributed by atoms with E-state index in [1.807, 2.05) is 13.8 Å². The highest BCUT2D eigenvalue weighted by Gasteiger charge is 2.33. The van der Waals surface area contributed by atoms with E-state index in [9.17, 15) is 9.18 Å². The third kappa shape index (κ3) is 2.31. The summed E-state index contributed by atoms with van der Waals surface area (Å²) in [7, 11) is 0. The highest BCUT2D eigenvalue weighted by molar-refractivity contribution is 6.02. The van der Waals surface area contributed by atoms with E-state index < -0.39 is 0 Å². The molecular weight excluding hydrogens is 219 g/mol. The summed E-state index contributed by atoms with van der Waals surface area (Å²) in [6.07, 6.45) is 0.910. The first-order valence-corrected chi connectivity index (χ1v) is 5.81. The van der Waals surface area contributed by atoms with Crippen LogP contribution in [0.2, 0.25) is 0 Å². The molecule has 0 fully saturated rings. The lowest BCUT2D eigenvalue weighted by atomic mass is 9.98. The summed E-state index contributed by atoms with van der Waals surface area (Å²) < 4.78 is 13.0. The molecule has 1 unspecified atom stereocenters. The Kier molecular flexibility index (Phi) is 2.91. The van der Waals surface area contributed by atoms with Gasteiger partial charge in [0.05, 0.1) is 0 Å². The molecule has 2 N–H and O–H groups in total. The largest absolute Gasteiger partial charge is 0.324 e. The smallest absolute Gasteiger partial charge is 0.246 e. The summed E-state index contributed by atoms with van der Waals surface area (Å²) in [5, 5.41) is 5.99. The van der Waals surface area contributed by atoms with Gasteiger partial charge >= 0.3 is 0 Å². The molecule has 92 valence electrons. The normalized spacial score (nSPS) is 19.1. The standard InChI is InChI=1S/C13H17FN2O/c1-4-13(2,3)16-11-9-6-5-8(14)7-10(9)15-12(11)17/h5-7,11,16H,4H2,1-3H3,(H,15,17). The molecule has 0 aliphatic carbocycles. The van der Waals surface area contributed by atoms with Gasteiger partial charge in [0.25, 0.3) is 0 Å². The fraction of sp³-hybridized carbons (Fsp3) is 0.462. The minimum Gasteiger partial charge on any atom is -0.324 e. The number of anilines is 1. The molecule has 1 aromatic rings.